The van der Waals surface area contributed by atoms with Crippen LogP contribution in [0.4, 0.5) is 0 Å². The number of fused-ring (bicyclic) bond motifs is 1. The average molecular weight is 202 g/mol. The van der Waals surface area contributed by atoms with Gasteiger partial charge in [-0.05, 0) is 42.5 Å². The van der Waals surface area contributed by atoms with E-state index in [1.54, 1.807) is 6.26 Å². The van der Waals surface area contributed by atoms with E-state index in [4.69, 9.17) is 4.74 Å². The molecule has 2 rings (SSSR count). The van der Waals surface area contributed by atoms with Gasteiger partial charge in [-0.2, -0.15) is 0 Å². The molecule has 0 amide bonds. The van der Waals surface area contributed by atoms with Crippen molar-refractivity contribution in [2.24, 2.45) is 0 Å². The summed E-state index contributed by atoms with van der Waals surface area (Å²) >= 11 is 0. The van der Waals surface area contributed by atoms with Crippen LogP contribution >= 0.6 is 0 Å². The number of unbranched alkanes of at least 4 members (excludes halogenated alkanes) is 2. The third-order valence-electron chi connectivity index (χ3n) is 2.82. The zero-order valence-corrected chi connectivity index (χ0v) is 9.33. The third-order valence-corrected chi connectivity index (χ3v) is 2.82. The Morgan fingerprint density at radius 2 is 2.20 bits per heavy atom. The van der Waals surface area contributed by atoms with Crippen molar-refractivity contribution in [2.75, 3.05) is 0 Å². The van der Waals surface area contributed by atoms with E-state index in [1.165, 1.54) is 36.8 Å². The van der Waals surface area contributed by atoms with Gasteiger partial charge in [0.15, 0.2) is 0 Å². The SMILES string of the molecule is CCCCCc1ccc2c(c1)CC=CO2. The Morgan fingerprint density at radius 1 is 1.27 bits per heavy atom. The molecule has 0 aliphatic carbocycles. The van der Waals surface area contributed by atoms with E-state index >= 15 is 0 Å². The minimum absolute atomic E-state index is 1.01. The van der Waals surface area contributed by atoms with Gasteiger partial charge < -0.3 is 4.74 Å². The summed E-state index contributed by atoms with van der Waals surface area (Å²) in [6.45, 7) is 2.24. The molecule has 0 unspecified atom stereocenters. The summed E-state index contributed by atoms with van der Waals surface area (Å²) in [4.78, 5) is 0. The molecule has 15 heavy (non-hydrogen) atoms. The van der Waals surface area contributed by atoms with Gasteiger partial charge in [-0.25, -0.2) is 0 Å². The van der Waals surface area contributed by atoms with Crippen LogP contribution in [0, 0.1) is 0 Å². The van der Waals surface area contributed by atoms with E-state index in [0.717, 1.165) is 12.2 Å². The second-order valence-corrected chi connectivity index (χ2v) is 4.09. The molecule has 1 nitrogen and oxygen atoms in total. The van der Waals surface area contributed by atoms with Crippen LogP contribution in [0.15, 0.2) is 30.5 Å². The van der Waals surface area contributed by atoms with E-state index in [0.29, 0.717) is 0 Å². The van der Waals surface area contributed by atoms with Gasteiger partial charge in [0, 0.05) is 0 Å². The Hall–Kier alpha value is -1.24. The zero-order chi connectivity index (χ0) is 10.5. The van der Waals surface area contributed by atoms with Crippen LogP contribution in [-0.4, -0.2) is 0 Å². The predicted octanol–water partition coefficient (Wildman–Crippen LogP) is 3.87. The number of ether oxygens (including phenoxy) is 1. The third kappa shape index (κ3) is 2.62. The standard InChI is InChI=1S/C14H18O/c1-2-3-4-6-12-8-9-14-13(11-12)7-5-10-15-14/h5,8-11H,2-4,6-7H2,1H3. The largest absolute Gasteiger partial charge is 0.465 e. The molecule has 0 saturated heterocycles. The molecule has 0 bridgehead atoms. The van der Waals surface area contributed by atoms with Gasteiger partial charge >= 0.3 is 0 Å². The molecule has 1 heterocycles. The quantitative estimate of drug-likeness (QED) is 0.673. The Morgan fingerprint density at radius 3 is 3.07 bits per heavy atom. The number of allylic oxidation sites excluding steroid dienone is 1. The highest BCUT2D eigenvalue weighted by molar-refractivity contribution is 5.40. The van der Waals surface area contributed by atoms with Gasteiger partial charge in [-0.15, -0.1) is 0 Å². The van der Waals surface area contributed by atoms with Crippen LogP contribution in [0.3, 0.4) is 0 Å². The molecule has 0 fully saturated rings. The van der Waals surface area contributed by atoms with Crippen LogP contribution in [0.5, 0.6) is 5.75 Å². The number of hydrogen-bond donors (Lipinski definition) is 0. The zero-order valence-electron chi connectivity index (χ0n) is 9.33. The Balaban J connectivity index is 2.02. The van der Waals surface area contributed by atoms with Gasteiger partial charge in [-0.3, -0.25) is 0 Å². The normalized spacial score (nSPS) is 13.4. The number of aryl methyl sites for hydroxylation is 1. The summed E-state index contributed by atoms with van der Waals surface area (Å²) < 4.78 is 5.42. The topological polar surface area (TPSA) is 9.23 Å². The summed E-state index contributed by atoms with van der Waals surface area (Å²) in [7, 11) is 0. The first-order chi connectivity index (χ1) is 7.40. The minimum Gasteiger partial charge on any atom is -0.465 e. The summed E-state index contributed by atoms with van der Waals surface area (Å²) in [5, 5.41) is 0. The average Bonchev–Trinajstić information content (AvgIpc) is 2.29. The van der Waals surface area contributed by atoms with Gasteiger partial charge in [0.25, 0.3) is 0 Å². The van der Waals surface area contributed by atoms with Crippen molar-refractivity contribution in [3.05, 3.63) is 41.7 Å². The van der Waals surface area contributed by atoms with Crippen LogP contribution < -0.4 is 4.74 Å². The molecule has 0 saturated carbocycles. The molecule has 0 N–H and O–H groups in total. The molecular formula is C14H18O. The highest BCUT2D eigenvalue weighted by atomic mass is 16.5. The van der Waals surface area contributed by atoms with Crippen molar-refractivity contribution in [2.45, 2.75) is 39.0 Å². The monoisotopic (exact) mass is 202 g/mol. The van der Waals surface area contributed by atoms with Crippen molar-refractivity contribution in [1.29, 1.82) is 0 Å². The molecule has 0 spiro atoms. The van der Waals surface area contributed by atoms with E-state index in [1.807, 2.05) is 0 Å². The maximum Gasteiger partial charge on any atom is 0.130 e. The maximum absolute atomic E-state index is 5.42. The lowest BCUT2D eigenvalue weighted by molar-refractivity contribution is 0.464. The number of hydrogen-bond acceptors (Lipinski definition) is 1. The van der Waals surface area contributed by atoms with Crippen molar-refractivity contribution >= 4 is 0 Å². The van der Waals surface area contributed by atoms with Gasteiger partial charge in [0.2, 0.25) is 0 Å². The lowest BCUT2D eigenvalue weighted by Crippen LogP contribution is -1.97. The van der Waals surface area contributed by atoms with Gasteiger partial charge in [0.1, 0.15) is 5.75 Å². The molecule has 1 heteroatoms. The first-order valence-corrected chi connectivity index (χ1v) is 5.83. The van der Waals surface area contributed by atoms with Crippen molar-refractivity contribution in [1.82, 2.24) is 0 Å². The first kappa shape index (κ1) is 10.3. The van der Waals surface area contributed by atoms with Crippen molar-refractivity contribution in [3.63, 3.8) is 0 Å². The second kappa shape index (κ2) is 5.01. The van der Waals surface area contributed by atoms with Crippen LogP contribution in [0.1, 0.15) is 37.3 Å². The fourth-order valence-electron chi connectivity index (χ4n) is 1.94. The van der Waals surface area contributed by atoms with Crippen LogP contribution in [0.2, 0.25) is 0 Å². The lowest BCUT2D eigenvalue weighted by atomic mass is 10.0. The fourth-order valence-corrected chi connectivity index (χ4v) is 1.94. The number of rotatable bonds is 4. The molecule has 80 valence electrons. The molecule has 0 atom stereocenters. The molecular weight excluding hydrogens is 184 g/mol. The lowest BCUT2D eigenvalue weighted by Gasteiger charge is -2.12. The second-order valence-electron chi connectivity index (χ2n) is 4.09. The van der Waals surface area contributed by atoms with E-state index in [2.05, 4.69) is 31.2 Å². The van der Waals surface area contributed by atoms with Gasteiger partial charge in [-0.1, -0.05) is 31.9 Å². The summed E-state index contributed by atoms with van der Waals surface area (Å²) in [6.07, 6.45) is 9.97. The van der Waals surface area contributed by atoms with Gasteiger partial charge in [0.05, 0.1) is 6.26 Å². The molecule has 1 aromatic rings. The number of benzene rings is 1. The molecule has 0 aromatic heterocycles. The first-order valence-electron chi connectivity index (χ1n) is 5.83. The highest BCUT2D eigenvalue weighted by Crippen LogP contribution is 2.25. The molecule has 0 radical (unpaired) electrons. The summed E-state index contributed by atoms with van der Waals surface area (Å²) in [5.41, 5.74) is 2.77. The fraction of sp³-hybridized carbons (Fsp3) is 0.429. The van der Waals surface area contributed by atoms with Crippen LogP contribution in [0.25, 0.3) is 0 Å². The van der Waals surface area contributed by atoms with E-state index < -0.39 is 0 Å². The van der Waals surface area contributed by atoms with E-state index in [9.17, 15) is 0 Å². The molecule has 1 aliphatic heterocycles. The Kier molecular flexibility index (Phi) is 3.44. The van der Waals surface area contributed by atoms with Crippen molar-refractivity contribution in [3.8, 4) is 5.75 Å². The van der Waals surface area contributed by atoms with Crippen molar-refractivity contribution < 1.29 is 4.74 Å². The summed E-state index contributed by atoms with van der Waals surface area (Å²) in [6, 6.07) is 6.57. The minimum atomic E-state index is 1.01. The Labute approximate surface area is 91.8 Å². The maximum atomic E-state index is 5.42. The summed E-state index contributed by atoms with van der Waals surface area (Å²) in [5.74, 6) is 1.02. The highest BCUT2D eigenvalue weighted by Gasteiger charge is 2.06. The van der Waals surface area contributed by atoms with Crippen LogP contribution in [-0.2, 0) is 12.8 Å². The molecule has 1 aromatic carbocycles. The van der Waals surface area contributed by atoms with E-state index in [-0.39, 0.29) is 0 Å². The predicted molar refractivity (Wildman–Crippen MR) is 63.1 cm³/mol. The Bertz CT molecular complexity index is 352. The smallest absolute Gasteiger partial charge is 0.130 e. The molecule has 1 aliphatic rings.